The van der Waals surface area contributed by atoms with Crippen LogP contribution in [0.5, 0.6) is 0 Å². The first kappa shape index (κ1) is 24.4. The molecule has 2 amide bonds. The maximum Gasteiger partial charge on any atom is 0.330 e. The second kappa shape index (κ2) is 13.4. The summed E-state index contributed by atoms with van der Waals surface area (Å²) in [5.74, 6) is -1.50. The number of ether oxygens (including phenoxy) is 1. The molecule has 0 saturated heterocycles. The Hall–Kier alpha value is -3.92. The van der Waals surface area contributed by atoms with E-state index in [0.29, 0.717) is 6.42 Å². The number of esters is 1. The predicted octanol–water partition coefficient (Wildman–Crippen LogP) is 2.47. The topological polar surface area (TPSA) is 108 Å². The van der Waals surface area contributed by atoms with Crippen molar-refractivity contribution < 1.29 is 19.1 Å². The van der Waals surface area contributed by atoms with Gasteiger partial charge in [-0.05, 0) is 17.5 Å². The van der Waals surface area contributed by atoms with E-state index in [-0.39, 0.29) is 25.2 Å². The molecular formula is C25H27N3O4. The summed E-state index contributed by atoms with van der Waals surface area (Å²) in [6.45, 7) is 3.19. The van der Waals surface area contributed by atoms with Gasteiger partial charge in [-0.3, -0.25) is 9.59 Å². The molecule has 2 N–H and O–H groups in total. The number of hydrogen-bond acceptors (Lipinski definition) is 5. The third-order valence-corrected chi connectivity index (χ3v) is 4.67. The Bertz CT molecular complexity index is 939. The lowest BCUT2D eigenvalue weighted by Crippen LogP contribution is -2.53. The van der Waals surface area contributed by atoms with Crippen LogP contribution in [-0.4, -0.2) is 36.5 Å². The Morgan fingerprint density at radius 3 is 2.03 bits per heavy atom. The third-order valence-electron chi connectivity index (χ3n) is 4.67. The van der Waals surface area contributed by atoms with Gasteiger partial charge in [-0.2, -0.15) is 5.26 Å². The van der Waals surface area contributed by atoms with E-state index in [2.05, 4.69) is 17.2 Å². The molecule has 0 aliphatic carbocycles. The fourth-order valence-electron chi connectivity index (χ4n) is 3.08. The second-order valence-electron chi connectivity index (χ2n) is 7.15. The molecule has 0 aromatic heterocycles. The average Bonchev–Trinajstić information content (AvgIpc) is 2.81. The normalized spacial score (nSPS) is 12.0. The number of nitrogens with one attached hydrogen (secondary N) is 2. The average molecular weight is 434 g/mol. The highest BCUT2D eigenvalue weighted by molar-refractivity contribution is 5.91. The Morgan fingerprint density at radius 1 is 0.938 bits per heavy atom. The molecule has 2 rings (SSSR count). The molecule has 0 saturated carbocycles. The van der Waals surface area contributed by atoms with Crippen LogP contribution in [0.4, 0.5) is 0 Å². The molecule has 7 nitrogen and oxygen atoms in total. The van der Waals surface area contributed by atoms with E-state index in [1.807, 2.05) is 60.7 Å². The monoisotopic (exact) mass is 433 g/mol. The minimum absolute atomic E-state index is 0.194. The summed E-state index contributed by atoms with van der Waals surface area (Å²) in [6, 6.07) is 18.3. The Labute approximate surface area is 188 Å². The molecule has 0 bridgehead atoms. The third kappa shape index (κ3) is 8.44. The SMILES string of the molecule is C=CCCC(=O)NC(Cc1ccccc1)C(=O)NC(Cc1ccccc1)C(=O)OCC#N. The van der Waals surface area contributed by atoms with Crippen LogP contribution in [0.15, 0.2) is 73.3 Å². The molecule has 166 valence electrons. The van der Waals surface area contributed by atoms with E-state index in [9.17, 15) is 14.4 Å². The van der Waals surface area contributed by atoms with Gasteiger partial charge in [-0.1, -0.05) is 66.7 Å². The number of nitrogens with zero attached hydrogens (tertiary/aromatic N) is 1. The van der Waals surface area contributed by atoms with Crippen LogP contribution in [0.2, 0.25) is 0 Å². The number of carbonyl (C=O) groups is 3. The van der Waals surface area contributed by atoms with Gasteiger partial charge < -0.3 is 15.4 Å². The van der Waals surface area contributed by atoms with Crippen molar-refractivity contribution >= 4 is 17.8 Å². The summed E-state index contributed by atoms with van der Waals surface area (Å²) in [6.07, 6.45) is 2.78. The van der Waals surface area contributed by atoms with E-state index >= 15 is 0 Å². The second-order valence-corrected chi connectivity index (χ2v) is 7.15. The lowest BCUT2D eigenvalue weighted by Gasteiger charge is -2.23. The number of carbonyl (C=O) groups excluding carboxylic acids is 3. The van der Waals surface area contributed by atoms with Gasteiger partial charge in [0, 0.05) is 19.3 Å². The molecule has 7 heteroatoms. The summed E-state index contributed by atoms with van der Waals surface area (Å²) in [5, 5.41) is 14.2. The zero-order chi connectivity index (χ0) is 23.2. The first-order valence-corrected chi connectivity index (χ1v) is 10.4. The molecule has 0 fully saturated rings. The number of amides is 2. The van der Waals surface area contributed by atoms with Gasteiger partial charge in [-0.15, -0.1) is 6.58 Å². The zero-order valence-electron chi connectivity index (χ0n) is 17.8. The lowest BCUT2D eigenvalue weighted by molar-refractivity contribution is -0.146. The highest BCUT2D eigenvalue weighted by Gasteiger charge is 2.28. The summed E-state index contributed by atoms with van der Waals surface area (Å²) in [7, 11) is 0. The van der Waals surface area contributed by atoms with Crippen molar-refractivity contribution in [3.63, 3.8) is 0 Å². The van der Waals surface area contributed by atoms with Crippen molar-refractivity contribution in [2.75, 3.05) is 6.61 Å². The zero-order valence-corrected chi connectivity index (χ0v) is 17.8. The fraction of sp³-hybridized carbons (Fsp3) is 0.280. The van der Waals surface area contributed by atoms with E-state index in [0.717, 1.165) is 11.1 Å². The van der Waals surface area contributed by atoms with Crippen molar-refractivity contribution in [3.8, 4) is 6.07 Å². The minimum Gasteiger partial charge on any atom is -0.449 e. The smallest absolute Gasteiger partial charge is 0.330 e. The molecule has 2 atom stereocenters. The van der Waals surface area contributed by atoms with Crippen molar-refractivity contribution in [2.45, 2.75) is 37.8 Å². The van der Waals surface area contributed by atoms with E-state index in [1.165, 1.54) is 0 Å². The van der Waals surface area contributed by atoms with Crippen molar-refractivity contribution in [3.05, 3.63) is 84.4 Å². The van der Waals surface area contributed by atoms with Crippen LogP contribution in [0.3, 0.4) is 0 Å². The molecule has 0 aliphatic rings. The lowest BCUT2D eigenvalue weighted by atomic mass is 10.0. The quantitative estimate of drug-likeness (QED) is 0.395. The molecule has 0 aliphatic heterocycles. The van der Waals surface area contributed by atoms with Crippen LogP contribution < -0.4 is 10.6 Å². The van der Waals surface area contributed by atoms with Crippen LogP contribution in [0.25, 0.3) is 0 Å². The van der Waals surface area contributed by atoms with Gasteiger partial charge in [0.25, 0.3) is 0 Å². The number of nitriles is 1. The molecule has 2 unspecified atom stereocenters. The maximum absolute atomic E-state index is 13.1. The first-order chi connectivity index (χ1) is 15.5. The van der Waals surface area contributed by atoms with Gasteiger partial charge in [0.2, 0.25) is 11.8 Å². The van der Waals surface area contributed by atoms with Crippen LogP contribution in [0, 0.1) is 11.3 Å². The molecule has 2 aromatic rings. The van der Waals surface area contributed by atoms with Crippen molar-refractivity contribution in [1.29, 1.82) is 5.26 Å². The van der Waals surface area contributed by atoms with Crippen LogP contribution in [-0.2, 0) is 32.0 Å². The van der Waals surface area contributed by atoms with Gasteiger partial charge in [0.15, 0.2) is 6.61 Å². The van der Waals surface area contributed by atoms with Gasteiger partial charge >= 0.3 is 5.97 Å². The van der Waals surface area contributed by atoms with Crippen LogP contribution >= 0.6 is 0 Å². The highest BCUT2D eigenvalue weighted by atomic mass is 16.5. The summed E-state index contributed by atoms with van der Waals surface area (Å²) in [4.78, 5) is 37.9. The van der Waals surface area contributed by atoms with E-state index in [4.69, 9.17) is 10.00 Å². The first-order valence-electron chi connectivity index (χ1n) is 10.4. The Kier molecular flexibility index (Phi) is 10.2. The standard InChI is InChI=1S/C25H27N3O4/c1-2-3-14-23(29)27-21(17-19-10-6-4-7-11-19)24(30)28-22(25(31)32-16-15-26)18-20-12-8-5-9-13-20/h2,4-13,21-22H,1,3,14,16-18H2,(H,27,29)(H,28,30). The summed E-state index contributed by atoms with van der Waals surface area (Å²) >= 11 is 0. The van der Waals surface area contributed by atoms with Gasteiger partial charge in [0.1, 0.15) is 18.2 Å². The highest BCUT2D eigenvalue weighted by Crippen LogP contribution is 2.08. The molecule has 0 spiro atoms. The van der Waals surface area contributed by atoms with Crippen molar-refractivity contribution in [1.82, 2.24) is 10.6 Å². The molecule has 2 aromatic carbocycles. The minimum atomic E-state index is -0.999. The van der Waals surface area contributed by atoms with E-state index in [1.54, 1.807) is 12.1 Å². The molecule has 0 heterocycles. The number of benzene rings is 2. The van der Waals surface area contributed by atoms with Crippen LogP contribution in [0.1, 0.15) is 24.0 Å². The maximum atomic E-state index is 13.1. The van der Waals surface area contributed by atoms with Crippen molar-refractivity contribution in [2.24, 2.45) is 0 Å². The van der Waals surface area contributed by atoms with Gasteiger partial charge in [0.05, 0.1) is 0 Å². The summed E-state index contributed by atoms with van der Waals surface area (Å²) in [5.41, 5.74) is 1.68. The number of allylic oxidation sites excluding steroid dienone is 1. The largest absolute Gasteiger partial charge is 0.449 e. The molecule has 32 heavy (non-hydrogen) atoms. The molecule has 0 radical (unpaired) electrons. The van der Waals surface area contributed by atoms with Gasteiger partial charge in [-0.25, -0.2) is 4.79 Å². The Balaban J connectivity index is 2.18. The summed E-state index contributed by atoms with van der Waals surface area (Å²) < 4.78 is 4.95. The van der Waals surface area contributed by atoms with E-state index < -0.39 is 30.6 Å². The number of rotatable bonds is 12. The number of hydrogen-bond donors (Lipinski definition) is 2. The molecular weight excluding hydrogens is 406 g/mol. The fourth-order valence-corrected chi connectivity index (χ4v) is 3.08. The Morgan fingerprint density at radius 2 is 1.50 bits per heavy atom. The predicted molar refractivity (Wildman–Crippen MR) is 120 cm³/mol.